The molecule has 37 heavy (non-hydrogen) atoms. The largest absolute Gasteiger partial charge is 0.366 e. The van der Waals surface area contributed by atoms with Crippen LogP contribution in [-0.2, 0) is 21.9 Å². The number of hydrogen-bond donors (Lipinski definition) is 1. The second-order valence-electron chi connectivity index (χ2n) is 9.08. The Labute approximate surface area is 215 Å². The summed E-state index contributed by atoms with van der Waals surface area (Å²) in [5, 5.41) is 21.4. The third kappa shape index (κ3) is 4.64. The normalized spacial score (nSPS) is 17.4. The highest BCUT2D eigenvalue weighted by molar-refractivity contribution is 7.89. The summed E-state index contributed by atoms with van der Waals surface area (Å²) in [6.07, 6.45) is -1.55. The van der Waals surface area contributed by atoms with Gasteiger partial charge < -0.3 is 9.80 Å². The monoisotopic (exact) mass is 550 g/mol. The van der Waals surface area contributed by atoms with Crippen molar-refractivity contribution in [3.63, 3.8) is 0 Å². The highest BCUT2D eigenvalue weighted by Crippen LogP contribution is 2.40. The van der Waals surface area contributed by atoms with Crippen LogP contribution in [0.25, 0.3) is 21.6 Å². The first-order chi connectivity index (χ1) is 17.6. The number of carbonyl (C=O) groups is 1. The fourth-order valence-electron chi connectivity index (χ4n) is 4.44. The Morgan fingerprint density at radius 3 is 2.51 bits per heavy atom. The standard InChI is InChI=1S/C22H24F2N8O3S2/c1-3-16(33)32-8-6-31(7-9-32)15-11-13(37(34,35)29-22(12-25)4-5-22)10-14-17(28-30(2)18(14)15)20-26-27-21(36-20)19(23)24/h10-11,19,29H,3-9H2,1-2H3. The van der Waals surface area contributed by atoms with Crippen molar-refractivity contribution in [2.24, 2.45) is 7.05 Å². The average molecular weight is 551 g/mol. The van der Waals surface area contributed by atoms with Gasteiger partial charge >= 0.3 is 0 Å². The molecule has 1 amide bonds. The molecule has 196 valence electrons. The van der Waals surface area contributed by atoms with E-state index in [0.29, 0.717) is 73.4 Å². The van der Waals surface area contributed by atoms with Crippen molar-refractivity contribution in [2.45, 2.75) is 43.0 Å². The Morgan fingerprint density at radius 1 is 1.24 bits per heavy atom. The number of aryl methyl sites for hydroxylation is 1. The lowest BCUT2D eigenvalue weighted by atomic mass is 10.1. The fraction of sp³-hybridized carbons (Fsp3) is 0.500. The van der Waals surface area contributed by atoms with E-state index < -0.39 is 27.0 Å². The van der Waals surface area contributed by atoms with Crippen LogP contribution in [0.1, 0.15) is 37.6 Å². The zero-order chi connectivity index (χ0) is 26.5. The maximum atomic E-state index is 13.4. The summed E-state index contributed by atoms with van der Waals surface area (Å²) in [7, 11) is -2.42. The van der Waals surface area contributed by atoms with Crippen LogP contribution in [0.4, 0.5) is 14.5 Å². The van der Waals surface area contributed by atoms with Crippen LogP contribution in [0.3, 0.4) is 0 Å². The number of hydrogen-bond acceptors (Lipinski definition) is 9. The third-order valence-corrected chi connectivity index (χ3v) is 9.05. The lowest BCUT2D eigenvalue weighted by molar-refractivity contribution is -0.131. The fourth-order valence-corrected chi connectivity index (χ4v) is 6.56. The first-order valence-electron chi connectivity index (χ1n) is 11.7. The number of rotatable bonds is 7. The number of nitrogens with zero attached hydrogens (tertiary/aromatic N) is 7. The van der Waals surface area contributed by atoms with Gasteiger partial charge in [0, 0.05) is 45.0 Å². The number of amides is 1. The topological polar surface area (TPSA) is 137 Å². The maximum absolute atomic E-state index is 13.4. The molecule has 1 N–H and O–H groups in total. The Kier molecular flexibility index (Phi) is 6.37. The number of piperazine rings is 1. The molecule has 3 heterocycles. The van der Waals surface area contributed by atoms with Crippen molar-refractivity contribution in [3.8, 4) is 16.8 Å². The third-order valence-electron chi connectivity index (χ3n) is 6.60. The zero-order valence-corrected chi connectivity index (χ0v) is 21.7. The molecule has 0 bridgehead atoms. The van der Waals surface area contributed by atoms with E-state index in [1.54, 1.807) is 23.6 Å². The van der Waals surface area contributed by atoms with Gasteiger partial charge in [-0.25, -0.2) is 17.2 Å². The number of benzene rings is 1. The minimum atomic E-state index is -4.10. The number of fused-ring (bicyclic) bond motifs is 1. The summed E-state index contributed by atoms with van der Waals surface area (Å²) >= 11 is 0.693. The van der Waals surface area contributed by atoms with Crippen molar-refractivity contribution >= 4 is 43.9 Å². The summed E-state index contributed by atoms with van der Waals surface area (Å²) in [5.41, 5.74) is 0.285. The molecule has 0 unspecified atom stereocenters. The second kappa shape index (κ2) is 9.26. The van der Waals surface area contributed by atoms with Gasteiger partial charge in [0.15, 0.2) is 10.0 Å². The van der Waals surface area contributed by atoms with E-state index in [2.05, 4.69) is 20.0 Å². The molecule has 0 atom stereocenters. The molecule has 1 aromatic carbocycles. The molecule has 1 saturated carbocycles. The van der Waals surface area contributed by atoms with E-state index in [1.807, 2.05) is 11.0 Å². The summed E-state index contributed by atoms with van der Waals surface area (Å²) in [6.45, 7) is 3.68. The lowest BCUT2D eigenvalue weighted by Gasteiger charge is -2.36. The van der Waals surface area contributed by atoms with E-state index in [1.165, 1.54) is 12.1 Å². The summed E-state index contributed by atoms with van der Waals surface area (Å²) in [5.74, 6) is 0.0467. The number of sulfonamides is 1. The van der Waals surface area contributed by atoms with Crippen LogP contribution >= 0.6 is 11.3 Å². The Hall–Kier alpha value is -3.22. The van der Waals surface area contributed by atoms with E-state index in [4.69, 9.17) is 0 Å². The minimum Gasteiger partial charge on any atom is -0.366 e. The molecule has 5 rings (SSSR count). The number of anilines is 1. The molecule has 2 aromatic heterocycles. The molecule has 11 nitrogen and oxygen atoms in total. The molecule has 1 aliphatic carbocycles. The van der Waals surface area contributed by atoms with E-state index in [9.17, 15) is 27.3 Å². The average Bonchev–Trinajstić information content (AvgIpc) is 3.31. The molecule has 3 aromatic rings. The smallest absolute Gasteiger partial charge is 0.291 e. The molecular weight excluding hydrogens is 526 g/mol. The SMILES string of the molecule is CCC(=O)N1CCN(c2cc(S(=O)(=O)NC3(C#N)CC3)cc3c(-c4nnc(C(F)F)s4)nn(C)c23)CC1. The molecule has 1 aliphatic heterocycles. The number of aromatic nitrogens is 4. The molecule has 1 saturated heterocycles. The van der Waals surface area contributed by atoms with Crippen molar-refractivity contribution in [2.75, 3.05) is 31.1 Å². The second-order valence-corrected chi connectivity index (χ2v) is 11.8. The first kappa shape index (κ1) is 25.4. The van der Waals surface area contributed by atoms with Crippen LogP contribution < -0.4 is 9.62 Å². The van der Waals surface area contributed by atoms with Crippen LogP contribution in [0, 0.1) is 11.3 Å². The number of nitriles is 1. The van der Waals surface area contributed by atoms with Crippen LogP contribution in [-0.4, -0.2) is 70.9 Å². The summed E-state index contributed by atoms with van der Waals surface area (Å²) < 4.78 is 57.2. The van der Waals surface area contributed by atoms with Crippen molar-refractivity contribution in [3.05, 3.63) is 17.1 Å². The van der Waals surface area contributed by atoms with Crippen molar-refractivity contribution in [1.82, 2.24) is 29.6 Å². The van der Waals surface area contributed by atoms with E-state index in [0.717, 1.165) is 0 Å². The highest BCUT2D eigenvalue weighted by Gasteiger charge is 2.47. The lowest BCUT2D eigenvalue weighted by Crippen LogP contribution is -2.48. The van der Waals surface area contributed by atoms with E-state index >= 15 is 0 Å². The Morgan fingerprint density at radius 2 is 1.95 bits per heavy atom. The molecule has 0 spiro atoms. The zero-order valence-electron chi connectivity index (χ0n) is 20.1. The van der Waals surface area contributed by atoms with Gasteiger partial charge in [-0.2, -0.15) is 15.1 Å². The summed E-state index contributed by atoms with van der Waals surface area (Å²) in [4.78, 5) is 15.8. The van der Waals surface area contributed by atoms with E-state index in [-0.39, 0.29) is 21.5 Å². The molecular formula is C22H24F2N8O3S2. The Bertz CT molecular complexity index is 1520. The number of carbonyl (C=O) groups excluding carboxylic acids is 1. The van der Waals surface area contributed by atoms with Crippen molar-refractivity contribution < 1.29 is 22.0 Å². The predicted octanol–water partition coefficient (Wildman–Crippen LogP) is 2.42. The minimum absolute atomic E-state index is 0.0467. The van der Waals surface area contributed by atoms with Crippen molar-refractivity contribution in [1.29, 1.82) is 5.26 Å². The van der Waals surface area contributed by atoms with Gasteiger partial charge in [-0.15, -0.1) is 10.2 Å². The Balaban J connectivity index is 1.63. The number of halogens is 2. The number of alkyl halides is 2. The van der Waals surface area contributed by atoms with Gasteiger partial charge in [0.05, 0.1) is 22.2 Å². The molecule has 0 radical (unpaired) electrons. The van der Waals surface area contributed by atoms with Gasteiger partial charge in [0.2, 0.25) is 15.9 Å². The summed E-state index contributed by atoms with van der Waals surface area (Å²) in [6, 6.07) is 4.99. The maximum Gasteiger partial charge on any atom is 0.291 e. The highest BCUT2D eigenvalue weighted by atomic mass is 32.2. The van der Waals surface area contributed by atoms with Crippen LogP contribution in [0.2, 0.25) is 0 Å². The van der Waals surface area contributed by atoms with Gasteiger partial charge in [-0.1, -0.05) is 18.3 Å². The van der Waals surface area contributed by atoms with Crippen LogP contribution in [0.5, 0.6) is 0 Å². The quantitative estimate of drug-likeness (QED) is 0.474. The molecule has 2 fully saturated rings. The molecule has 15 heteroatoms. The van der Waals surface area contributed by atoms with Gasteiger partial charge in [-0.3, -0.25) is 9.48 Å². The number of nitrogens with one attached hydrogen (secondary N) is 1. The molecule has 2 aliphatic rings. The first-order valence-corrected chi connectivity index (χ1v) is 14.0. The van der Waals surface area contributed by atoms with Crippen LogP contribution in [0.15, 0.2) is 17.0 Å². The van der Waals surface area contributed by atoms with Gasteiger partial charge in [0.1, 0.15) is 11.2 Å². The van der Waals surface area contributed by atoms with Gasteiger partial charge in [0.25, 0.3) is 6.43 Å². The van der Waals surface area contributed by atoms with Gasteiger partial charge in [-0.05, 0) is 25.0 Å². The predicted molar refractivity (Wildman–Crippen MR) is 132 cm³/mol.